The molecule has 0 unspecified atom stereocenters. The Kier molecular flexibility index (Phi) is 2.27. The second-order valence-corrected chi connectivity index (χ2v) is 2.82. The smallest absolute Gasteiger partial charge is 0.182 e. The number of H-pyrrole nitrogens is 1. The predicted octanol–water partition coefficient (Wildman–Crippen LogP) is 1.00. The Balaban J connectivity index is 2.37. The molecule has 0 spiro atoms. The molecular weight excluding hydrogens is 190 g/mol. The van der Waals surface area contributed by atoms with E-state index in [1.165, 1.54) is 6.33 Å². The molecule has 68 valence electrons. The highest BCUT2D eigenvalue weighted by Gasteiger charge is 2.03. The van der Waals surface area contributed by atoms with Crippen LogP contribution < -0.4 is 5.32 Å². The molecule has 0 aromatic carbocycles. The van der Waals surface area contributed by atoms with Gasteiger partial charge in [0.15, 0.2) is 11.5 Å². The topological polar surface area (TPSA) is 66.5 Å². The van der Waals surface area contributed by atoms with Crippen molar-refractivity contribution >= 4 is 28.6 Å². The number of aromatic amines is 1. The first kappa shape index (κ1) is 8.25. The number of rotatable bonds is 3. The Morgan fingerprint density at radius 1 is 1.38 bits per heavy atom. The van der Waals surface area contributed by atoms with Crippen molar-refractivity contribution in [1.29, 1.82) is 0 Å². The number of halogens is 1. The molecule has 0 bridgehead atoms. The lowest BCUT2D eigenvalue weighted by Crippen LogP contribution is -2.05. The number of hydrogen-bond donors (Lipinski definition) is 2. The van der Waals surface area contributed by atoms with E-state index >= 15 is 0 Å². The van der Waals surface area contributed by atoms with Crippen molar-refractivity contribution in [2.45, 2.75) is 0 Å². The van der Waals surface area contributed by atoms with Crippen LogP contribution in [0.25, 0.3) is 11.2 Å². The summed E-state index contributed by atoms with van der Waals surface area (Å²) in [4.78, 5) is 15.0. The third-order valence-corrected chi connectivity index (χ3v) is 1.80. The molecule has 2 aromatic rings. The van der Waals surface area contributed by atoms with Gasteiger partial charge in [0.05, 0.1) is 6.33 Å². The monoisotopic (exact) mass is 197 g/mol. The minimum Gasteiger partial charge on any atom is -0.367 e. The van der Waals surface area contributed by atoms with Crippen LogP contribution in [0.4, 0.5) is 5.82 Å². The lowest BCUT2D eigenvalue weighted by molar-refractivity contribution is 1.14. The van der Waals surface area contributed by atoms with E-state index in [0.29, 0.717) is 18.1 Å². The van der Waals surface area contributed by atoms with Crippen LogP contribution in [0.5, 0.6) is 0 Å². The third-order valence-electron chi connectivity index (χ3n) is 1.61. The number of aromatic nitrogens is 4. The van der Waals surface area contributed by atoms with Crippen LogP contribution in [-0.2, 0) is 0 Å². The number of fused-ring (bicyclic) bond motifs is 1. The van der Waals surface area contributed by atoms with Gasteiger partial charge in [-0.1, -0.05) is 0 Å². The predicted molar refractivity (Wildman–Crippen MR) is 50.9 cm³/mol. The first-order valence-electron chi connectivity index (χ1n) is 3.85. The van der Waals surface area contributed by atoms with Gasteiger partial charge in [-0.25, -0.2) is 15.0 Å². The van der Waals surface area contributed by atoms with Gasteiger partial charge in [0.1, 0.15) is 11.8 Å². The number of hydrogen-bond acceptors (Lipinski definition) is 4. The molecule has 0 saturated heterocycles. The fraction of sp³-hybridized carbons (Fsp3) is 0.286. The molecule has 0 amide bonds. The molecule has 0 atom stereocenters. The molecule has 6 heteroatoms. The molecule has 13 heavy (non-hydrogen) atoms. The molecule has 2 rings (SSSR count). The summed E-state index contributed by atoms with van der Waals surface area (Å²) in [7, 11) is 0. The maximum absolute atomic E-state index is 5.54. The Morgan fingerprint density at radius 2 is 2.31 bits per heavy atom. The number of nitrogens with one attached hydrogen (secondary N) is 2. The maximum atomic E-state index is 5.54. The van der Waals surface area contributed by atoms with Crippen LogP contribution in [-0.4, -0.2) is 32.4 Å². The van der Waals surface area contributed by atoms with Gasteiger partial charge in [-0.3, -0.25) is 0 Å². The van der Waals surface area contributed by atoms with E-state index in [9.17, 15) is 0 Å². The Labute approximate surface area is 79.6 Å². The SMILES string of the molecule is ClCCNc1ncnc2nc[nH]c12. The van der Waals surface area contributed by atoms with Crippen LogP contribution in [0.3, 0.4) is 0 Å². The van der Waals surface area contributed by atoms with Crippen molar-refractivity contribution in [3.8, 4) is 0 Å². The number of alkyl halides is 1. The molecule has 2 N–H and O–H groups in total. The van der Waals surface area contributed by atoms with Gasteiger partial charge in [0.2, 0.25) is 0 Å². The van der Waals surface area contributed by atoms with Crippen molar-refractivity contribution < 1.29 is 0 Å². The highest BCUT2D eigenvalue weighted by atomic mass is 35.5. The number of imidazole rings is 1. The summed E-state index contributed by atoms with van der Waals surface area (Å²) in [6, 6.07) is 0. The van der Waals surface area contributed by atoms with Gasteiger partial charge in [-0.2, -0.15) is 0 Å². The average Bonchev–Trinajstić information content (AvgIpc) is 2.62. The van der Waals surface area contributed by atoms with E-state index in [2.05, 4.69) is 25.3 Å². The van der Waals surface area contributed by atoms with Gasteiger partial charge in [0.25, 0.3) is 0 Å². The van der Waals surface area contributed by atoms with Crippen LogP contribution in [0, 0.1) is 0 Å². The van der Waals surface area contributed by atoms with Crippen molar-refractivity contribution in [2.24, 2.45) is 0 Å². The van der Waals surface area contributed by atoms with Crippen LogP contribution >= 0.6 is 11.6 Å². The maximum Gasteiger partial charge on any atom is 0.182 e. The molecule has 2 aromatic heterocycles. The fourth-order valence-electron chi connectivity index (χ4n) is 1.06. The molecule has 0 aliphatic heterocycles. The molecule has 0 radical (unpaired) electrons. The summed E-state index contributed by atoms with van der Waals surface area (Å²) >= 11 is 5.54. The molecule has 5 nitrogen and oxygen atoms in total. The van der Waals surface area contributed by atoms with Crippen LogP contribution in [0.2, 0.25) is 0 Å². The zero-order chi connectivity index (χ0) is 9.10. The second kappa shape index (κ2) is 3.57. The average molecular weight is 198 g/mol. The van der Waals surface area contributed by atoms with E-state index < -0.39 is 0 Å². The second-order valence-electron chi connectivity index (χ2n) is 2.44. The standard InChI is InChI=1S/C7H8ClN5/c8-1-2-9-6-5-7(11-3-10-5)13-4-12-6/h3-4H,1-2H2,(H2,9,10,11,12,13). The molecular formula is C7H8ClN5. The minimum absolute atomic E-state index is 0.541. The summed E-state index contributed by atoms with van der Waals surface area (Å²) in [6.45, 7) is 0.673. The van der Waals surface area contributed by atoms with E-state index in [-0.39, 0.29) is 0 Å². The zero-order valence-electron chi connectivity index (χ0n) is 6.79. The largest absolute Gasteiger partial charge is 0.367 e. The first-order chi connectivity index (χ1) is 6.42. The molecule has 2 heterocycles. The van der Waals surface area contributed by atoms with Crippen molar-refractivity contribution in [3.05, 3.63) is 12.7 Å². The molecule has 0 saturated carbocycles. The molecule has 0 aliphatic carbocycles. The normalized spacial score (nSPS) is 10.5. The highest BCUT2D eigenvalue weighted by molar-refractivity contribution is 6.18. The summed E-state index contributed by atoms with van der Waals surface area (Å²) < 4.78 is 0. The first-order valence-corrected chi connectivity index (χ1v) is 4.39. The van der Waals surface area contributed by atoms with E-state index in [4.69, 9.17) is 11.6 Å². The lowest BCUT2D eigenvalue weighted by atomic mass is 10.5. The lowest BCUT2D eigenvalue weighted by Gasteiger charge is -2.01. The van der Waals surface area contributed by atoms with Gasteiger partial charge >= 0.3 is 0 Å². The number of nitrogens with zero attached hydrogens (tertiary/aromatic N) is 3. The van der Waals surface area contributed by atoms with Crippen molar-refractivity contribution in [2.75, 3.05) is 17.7 Å². The van der Waals surface area contributed by atoms with Crippen LogP contribution in [0.1, 0.15) is 0 Å². The third kappa shape index (κ3) is 1.55. The minimum atomic E-state index is 0.541. The summed E-state index contributed by atoms with van der Waals surface area (Å²) in [5, 5.41) is 3.07. The Bertz CT molecular complexity index is 398. The van der Waals surface area contributed by atoms with Gasteiger partial charge in [-0.15, -0.1) is 11.6 Å². The van der Waals surface area contributed by atoms with Crippen molar-refractivity contribution in [1.82, 2.24) is 19.9 Å². The zero-order valence-corrected chi connectivity index (χ0v) is 7.54. The van der Waals surface area contributed by atoms with Crippen molar-refractivity contribution in [3.63, 3.8) is 0 Å². The Hall–Kier alpha value is -1.36. The Morgan fingerprint density at radius 3 is 3.15 bits per heavy atom. The molecule has 0 aliphatic rings. The van der Waals surface area contributed by atoms with Crippen LogP contribution in [0.15, 0.2) is 12.7 Å². The van der Waals surface area contributed by atoms with E-state index in [1.54, 1.807) is 6.33 Å². The van der Waals surface area contributed by atoms with Gasteiger partial charge in [-0.05, 0) is 0 Å². The van der Waals surface area contributed by atoms with Gasteiger partial charge in [0, 0.05) is 12.4 Å². The summed E-state index contributed by atoms with van der Waals surface area (Å²) in [5.41, 5.74) is 1.47. The fourth-order valence-corrected chi connectivity index (χ4v) is 1.16. The number of anilines is 1. The van der Waals surface area contributed by atoms with Gasteiger partial charge < -0.3 is 10.3 Å². The van der Waals surface area contributed by atoms with E-state index in [1.807, 2.05) is 0 Å². The quantitative estimate of drug-likeness (QED) is 0.721. The highest BCUT2D eigenvalue weighted by Crippen LogP contribution is 2.13. The van der Waals surface area contributed by atoms with E-state index in [0.717, 1.165) is 11.3 Å². The summed E-state index contributed by atoms with van der Waals surface area (Å²) in [6.07, 6.45) is 3.06. The summed E-state index contributed by atoms with van der Waals surface area (Å²) in [5.74, 6) is 1.28. The molecule has 0 fully saturated rings.